The Labute approximate surface area is 215 Å². The lowest BCUT2D eigenvalue weighted by atomic mass is 9.90. The summed E-state index contributed by atoms with van der Waals surface area (Å²) in [4.78, 5) is 31.6. The number of β-amino-alcohol motifs (C(OH)–C–C–N with tert-alkyl or cyclic N) is 1. The molecule has 2 saturated heterocycles. The van der Waals surface area contributed by atoms with Crippen molar-refractivity contribution in [2.24, 2.45) is 5.41 Å². The highest BCUT2D eigenvalue weighted by Gasteiger charge is 2.51. The fourth-order valence-electron chi connectivity index (χ4n) is 5.56. The first-order valence-corrected chi connectivity index (χ1v) is 13.0. The highest BCUT2D eigenvalue weighted by molar-refractivity contribution is 5.90. The van der Waals surface area contributed by atoms with Crippen molar-refractivity contribution >= 4 is 17.6 Å². The number of nitrogens with zero attached hydrogens (tertiary/aromatic N) is 3. The molecule has 3 amide bonds. The second-order valence-corrected chi connectivity index (χ2v) is 10.7. The van der Waals surface area contributed by atoms with Crippen LogP contribution in [0.1, 0.15) is 44.6 Å². The van der Waals surface area contributed by atoms with Crippen LogP contribution in [0.25, 0.3) is 0 Å². The predicted octanol–water partition coefficient (Wildman–Crippen LogP) is 3.41. The minimum Gasteiger partial charge on any atom is -0.391 e. The molecule has 3 fully saturated rings. The van der Waals surface area contributed by atoms with Gasteiger partial charge in [-0.05, 0) is 62.8 Å². The number of aliphatic hydroxyl groups is 1. The maximum atomic E-state index is 13.1. The molecule has 1 aromatic carbocycles. The summed E-state index contributed by atoms with van der Waals surface area (Å²) in [6.45, 7) is 4.97. The molecule has 206 valence electrons. The van der Waals surface area contributed by atoms with Gasteiger partial charge in [0.25, 0.3) is 0 Å². The summed E-state index contributed by atoms with van der Waals surface area (Å²) in [5.74, 6) is -0.0844. The van der Waals surface area contributed by atoms with E-state index in [9.17, 15) is 27.9 Å². The van der Waals surface area contributed by atoms with Gasteiger partial charge >= 0.3 is 12.2 Å². The normalized spacial score (nSPS) is 25.2. The van der Waals surface area contributed by atoms with E-state index in [1.54, 1.807) is 12.0 Å². The highest BCUT2D eigenvalue weighted by atomic mass is 19.4. The first kappa shape index (κ1) is 27.7. The molecular formula is C26H37F3N4O4. The summed E-state index contributed by atoms with van der Waals surface area (Å²) in [5, 5.41) is 13.1. The number of alkyl halides is 3. The second kappa shape index (κ2) is 11.2. The number of nitrogens with one attached hydrogen (secondary N) is 1. The molecule has 0 bridgehead atoms. The number of ether oxygens (including phenoxy) is 1. The van der Waals surface area contributed by atoms with Crippen LogP contribution in [0.5, 0.6) is 0 Å². The molecule has 8 nitrogen and oxygen atoms in total. The van der Waals surface area contributed by atoms with Gasteiger partial charge in [-0.15, -0.1) is 0 Å². The smallest absolute Gasteiger partial charge is 0.391 e. The quantitative estimate of drug-likeness (QED) is 0.569. The zero-order valence-corrected chi connectivity index (χ0v) is 21.5. The van der Waals surface area contributed by atoms with Gasteiger partial charge in [-0.2, -0.15) is 13.2 Å². The third-order valence-electron chi connectivity index (χ3n) is 8.12. The van der Waals surface area contributed by atoms with Gasteiger partial charge in [-0.3, -0.25) is 4.79 Å². The number of carbonyl (C=O) groups excluding carboxylic acids is 2. The van der Waals surface area contributed by atoms with Crippen LogP contribution >= 0.6 is 0 Å². The number of urea groups is 1. The van der Waals surface area contributed by atoms with E-state index in [1.165, 1.54) is 17.0 Å². The lowest BCUT2D eigenvalue weighted by molar-refractivity contribution is -0.137. The van der Waals surface area contributed by atoms with E-state index in [0.717, 1.165) is 44.5 Å². The van der Waals surface area contributed by atoms with E-state index in [2.05, 4.69) is 10.2 Å². The number of rotatable bonds is 7. The van der Waals surface area contributed by atoms with Crippen molar-refractivity contribution in [1.29, 1.82) is 0 Å². The van der Waals surface area contributed by atoms with Crippen molar-refractivity contribution in [2.75, 3.05) is 51.8 Å². The fourth-order valence-corrected chi connectivity index (χ4v) is 5.56. The van der Waals surface area contributed by atoms with Gasteiger partial charge in [0.05, 0.1) is 24.3 Å². The molecule has 0 radical (unpaired) electrons. The number of methoxy groups -OCH3 is 1. The predicted molar refractivity (Wildman–Crippen MR) is 132 cm³/mol. The van der Waals surface area contributed by atoms with Gasteiger partial charge in [-0.1, -0.05) is 6.07 Å². The summed E-state index contributed by atoms with van der Waals surface area (Å²) in [5.41, 5.74) is -0.656. The zero-order valence-electron chi connectivity index (χ0n) is 21.5. The van der Waals surface area contributed by atoms with Gasteiger partial charge in [0.2, 0.25) is 5.91 Å². The summed E-state index contributed by atoms with van der Waals surface area (Å²) >= 11 is 0. The van der Waals surface area contributed by atoms with Crippen molar-refractivity contribution in [3.63, 3.8) is 0 Å². The summed E-state index contributed by atoms with van der Waals surface area (Å²) in [6.07, 6.45) is -0.803. The lowest BCUT2D eigenvalue weighted by Crippen LogP contribution is -2.50. The summed E-state index contributed by atoms with van der Waals surface area (Å²) in [6, 6.07) is 3.44. The lowest BCUT2D eigenvalue weighted by Gasteiger charge is -2.38. The Morgan fingerprint density at radius 1 is 1.24 bits per heavy atom. The monoisotopic (exact) mass is 526 g/mol. The number of benzene rings is 1. The van der Waals surface area contributed by atoms with Crippen molar-refractivity contribution in [3.05, 3.63) is 29.8 Å². The van der Waals surface area contributed by atoms with Crippen molar-refractivity contribution in [3.8, 4) is 0 Å². The van der Waals surface area contributed by atoms with Gasteiger partial charge in [0.1, 0.15) is 0 Å². The maximum absolute atomic E-state index is 13.1. The van der Waals surface area contributed by atoms with Gasteiger partial charge < -0.3 is 29.9 Å². The maximum Gasteiger partial charge on any atom is 0.416 e. The molecule has 1 spiro atoms. The molecule has 3 aliphatic rings. The molecule has 1 saturated carbocycles. The van der Waals surface area contributed by atoms with Gasteiger partial charge in [-0.25, -0.2) is 4.79 Å². The minimum atomic E-state index is -4.51. The molecule has 2 aliphatic heterocycles. The number of carbonyl (C=O) groups is 2. The van der Waals surface area contributed by atoms with Crippen LogP contribution in [-0.4, -0.2) is 96.4 Å². The highest BCUT2D eigenvalue weighted by Crippen LogP contribution is 2.53. The first-order chi connectivity index (χ1) is 17.5. The molecule has 3 atom stereocenters. The molecular weight excluding hydrogens is 489 g/mol. The number of halogens is 3. The van der Waals surface area contributed by atoms with E-state index < -0.39 is 17.8 Å². The zero-order chi connectivity index (χ0) is 26.8. The number of piperidine rings is 1. The molecule has 11 heteroatoms. The third-order valence-corrected chi connectivity index (χ3v) is 8.12. The summed E-state index contributed by atoms with van der Waals surface area (Å²) < 4.78 is 44.6. The Morgan fingerprint density at radius 3 is 2.65 bits per heavy atom. The van der Waals surface area contributed by atoms with E-state index >= 15 is 0 Å². The largest absolute Gasteiger partial charge is 0.416 e. The number of hydrogen-bond donors (Lipinski definition) is 2. The van der Waals surface area contributed by atoms with E-state index in [1.807, 2.05) is 6.92 Å². The first-order valence-electron chi connectivity index (χ1n) is 13.0. The van der Waals surface area contributed by atoms with Crippen LogP contribution in [0, 0.1) is 5.41 Å². The Kier molecular flexibility index (Phi) is 8.35. The third kappa shape index (κ3) is 6.56. The molecule has 0 aromatic heterocycles. The molecule has 4 rings (SSSR count). The van der Waals surface area contributed by atoms with Crippen molar-refractivity contribution in [2.45, 2.75) is 63.4 Å². The standard InChI is InChI=1S/C26H37F3N4O4/c1-18-15-33(21(17-37-2)6-11-31-13-10-25(8-9-25)22(34)16-31)23(35)7-12-32(18)24(36)30-20-5-3-4-19(14-20)26(27,28)29/h3-5,14,18,21-22,34H,6-13,15-17H2,1-2H3,(H,30,36). The molecule has 2 heterocycles. The fraction of sp³-hybridized carbons (Fsp3) is 0.692. The Bertz CT molecular complexity index is 971. The van der Waals surface area contributed by atoms with Crippen LogP contribution in [0.3, 0.4) is 0 Å². The summed E-state index contributed by atoms with van der Waals surface area (Å²) in [7, 11) is 1.59. The molecule has 1 aromatic rings. The van der Waals surface area contributed by atoms with E-state index in [0.29, 0.717) is 26.1 Å². The van der Waals surface area contributed by atoms with Gasteiger partial charge in [0.15, 0.2) is 0 Å². The Balaban J connectivity index is 1.36. The number of aliphatic hydroxyl groups excluding tert-OH is 1. The number of likely N-dealkylation sites (tertiary alicyclic amines) is 1. The molecule has 3 unspecified atom stereocenters. The van der Waals surface area contributed by atoms with Crippen LogP contribution in [0.2, 0.25) is 0 Å². The number of amides is 3. The SMILES string of the molecule is COCC(CCN1CCC2(CC2)C(O)C1)N1CC(C)N(C(=O)Nc2cccc(C(F)(F)F)c2)CCC1=O. The molecule has 37 heavy (non-hydrogen) atoms. The molecule has 1 aliphatic carbocycles. The van der Waals surface area contributed by atoms with Crippen molar-refractivity contribution in [1.82, 2.24) is 14.7 Å². The number of anilines is 1. The van der Waals surface area contributed by atoms with Crippen LogP contribution in [0.4, 0.5) is 23.7 Å². The minimum absolute atomic E-state index is 0.0495. The topological polar surface area (TPSA) is 85.3 Å². The molecule has 2 N–H and O–H groups in total. The average Bonchev–Trinajstić information content (AvgIpc) is 3.64. The van der Waals surface area contributed by atoms with Crippen LogP contribution < -0.4 is 5.32 Å². The second-order valence-electron chi connectivity index (χ2n) is 10.7. The van der Waals surface area contributed by atoms with Crippen molar-refractivity contribution < 1.29 is 32.6 Å². The van der Waals surface area contributed by atoms with E-state index in [4.69, 9.17) is 4.74 Å². The van der Waals surface area contributed by atoms with Crippen LogP contribution in [-0.2, 0) is 15.7 Å². The number of hydrogen-bond acceptors (Lipinski definition) is 5. The van der Waals surface area contributed by atoms with E-state index in [-0.39, 0.29) is 48.2 Å². The average molecular weight is 527 g/mol. The van der Waals surface area contributed by atoms with Gasteiger partial charge in [0, 0.05) is 51.4 Å². The van der Waals surface area contributed by atoms with Crippen LogP contribution in [0.15, 0.2) is 24.3 Å². The Morgan fingerprint density at radius 2 is 2.00 bits per heavy atom. The Hall–Kier alpha value is -2.37.